The number of pyridine rings is 1. The van der Waals surface area contributed by atoms with Crippen molar-refractivity contribution in [3.8, 4) is 0 Å². The fourth-order valence-corrected chi connectivity index (χ4v) is 1.77. The van der Waals surface area contributed by atoms with Crippen molar-refractivity contribution in [1.82, 2.24) is 15.2 Å². The summed E-state index contributed by atoms with van der Waals surface area (Å²) in [6.45, 7) is 9.04. The molecule has 0 saturated carbocycles. The number of hydrogen-bond acceptors (Lipinski definition) is 3. The summed E-state index contributed by atoms with van der Waals surface area (Å²) in [5.74, 6) is 0.217. The maximum Gasteiger partial charge on any atom is 0.223 e. The summed E-state index contributed by atoms with van der Waals surface area (Å²) in [7, 11) is 0. The highest BCUT2D eigenvalue weighted by atomic mass is 16.2. The lowest BCUT2D eigenvalue weighted by Crippen LogP contribution is -2.32. The van der Waals surface area contributed by atoms with E-state index in [1.807, 2.05) is 37.9 Å². The highest BCUT2D eigenvalue weighted by molar-refractivity contribution is 5.76. The van der Waals surface area contributed by atoms with Gasteiger partial charge in [0, 0.05) is 44.5 Å². The first-order valence-corrected chi connectivity index (χ1v) is 6.57. The van der Waals surface area contributed by atoms with E-state index in [0.29, 0.717) is 13.0 Å². The number of aryl methyl sites for hydroxylation is 1. The lowest BCUT2D eigenvalue weighted by molar-refractivity contribution is -0.130. The van der Waals surface area contributed by atoms with Gasteiger partial charge in [0.2, 0.25) is 5.91 Å². The molecule has 0 bridgehead atoms. The molecule has 0 spiro atoms. The van der Waals surface area contributed by atoms with Crippen LogP contribution < -0.4 is 5.32 Å². The number of hydrogen-bond donors (Lipinski definition) is 1. The van der Waals surface area contributed by atoms with Crippen molar-refractivity contribution in [2.24, 2.45) is 0 Å². The van der Waals surface area contributed by atoms with Gasteiger partial charge in [0.1, 0.15) is 0 Å². The number of aromatic nitrogens is 1. The topological polar surface area (TPSA) is 45.2 Å². The summed E-state index contributed by atoms with van der Waals surface area (Å²) in [5.41, 5.74) is 2.17. The van der Waals surface area contributed by atoms with Crippen LogP contribution in [0.15, 0.2) is 18.3 Å². The Bertz CT molecular complexity index is 358. The van der Waals surface area contributed by atoms with Crippen LogP contribution in [0.4, 0.5) is 0 Å². The monoisotopic (exact) mass is 249 g/mol. The molecule has 0 unspecified atom stereocenters. The van der Waals surface area contributed by atoms with E-state index in [4.69, 9.17) is 0 Å². The first-order chi connectivity index (χ1) is 8.67. The molecule has 0 atom stereocenters. The quantitative estimate of drug-likeness (QED) is 0.749. The van der Waals surface area contributed by atoms with Crippen LogP contribution in [0, 0.1) is 6.92 Å². The highest BCUT2D eigenvalue weighted by Crippen LogP contribution is 1.99. The van der Waals surface area contributed by atoms with Crippen molar-refractivity contribution in [3.63, 3.8) is 0 Å². The average Bonchev–Trinajstić information content (AvgIpc) is 2.38. The van der Waals surface area contributed by atoms with Crippen LogP contribution in [0.2, 0.25) is 0 Å². The second-order valence-electron chi connectivity index (χ2n) is 4.30. The van der Waals surface area contributed by atoms with Crippen LogP contribution in [-0.2, 0) is 11.3 Å². The van der Waals surface area contributed by atoms with E-state index in [1.54, 1.807) is 0 Å². The molecule has 1 N–H and O–H groups in total. The molecule has 1 aromatic heterocycles. The number of amides is 1. The lowest BCUT2D eigenvalue weighted by Gasteiger charge is -2.18. The maximum absolute atomic E-state index is 11.7. The second-order valence-corrected chi connectivity index (χ2v) is 4.30. The molecule has 0 fully saturated rings. The van der Waals surface area contributed by atoms with Gasteiger partial charge >= 0.3 is 0 Å². The number of carbonyl (C=O) groups excluding carboxylic acids is 1. The fourth-order valence-electron chi connectivity index (χ4n) is 1.77. The molecule has 1 heterocycles. The molecule has 0 saturated heterocycles. The zero-order chi connectivity index (χ0) is 13.4. The normalized spacial score (nSPS) is 10.4. The Balaban J connectivity index is 2.22. The maximum atomic E-state index is 11.7. The largest absolute Gasteiger partial charge is 0.343 e. The van der Waals surface area contributed by atoms with Crippen molar-refractivity contribution < 1.29 is 4.79 Å². The van der Waals surface area contributed by atoms with Crippen LogP contribution in [0.1, 0.15) is 31.5 Å². The molecule has 0 aromatic carbocycles. The van der Waals surface area contributed by atoms with E-state index in [9.17, 15) is 4.79 Å². The van der Waals surface area contributed by atoms with Gasteiger partial charge in [-0.1, -0.05) is 6.07 Å². The van der Waals surface area contributed by atoms with Crippen molar-refractivity contribution in [2.75, 3.05) is 19.6 Å². The molecular formula is C14H23N3O. The molecule has 18 heavy (non-hydrogen) atoms. The molecular weight excluding hydrogens is 226 g/mol. The molecule has 100 valence electrons. The average molecular weight is 249 g/mol. The highest BCUT2D eigenvalue weighted by Gasteiger charge is 2.07. The minimum absolute atomic E-state index is 0.217. The Morgan fingerprint density at radius 2 is 2.06 bits per heavy atom. The van der Waals surface area contributed by atoms with E-state index in [1.165, 1.54) is 0 Å². The smallest absolute Gasteiger partial charge is 0.223 e. The Morgan fingerprint density at radius 1 is 1.33 bits per heavy atom. The van der Waals surface area contributed by atoms with E-state index in [2.05, 4.69) is 16.4 Å². The van der Waals surface area contributed by atoms with Gasteiger partial charge in [0.25, 0.3) is 0 Å². The summed E-state index contributed by atoms with van der Waals surface area (Å²) in [4.78, 5) is 17.8. The third-order valence-corrected chi connectivity index (χ3v) is 2.93. The van der Waals surface area contributed by atoms with Crippen LogP contribution >= 0.6 is 0 Å². The van der Waals surface area contributed by atoms with Crippen LogP contribution in [-0.4, -0.2) is 35.4 Å². The Hall–Kier alpha value is -1.42. The lowest BCUT2D eigenvalue weighted by atomic mass is 10.2. The standard InChI is InChI=1S/C14H23N3O/c1-4-17(5-2)14(18)8-9-15-10-13-7-6-12(3)16-11-13/h6-7,11,15H,4-5,8-10H2,1-3H3. The van der Waals surface area contributed by atoms with Crippen molar-refractivity contribution >= 4 is 5.91 Å². The van der Waals surface area contributed by atoms with E-state index in [-0.39, 0.29) is 5.91 Å². The van der Waals surface area contributed by atoms with Gasteiger partial charge in [-0.15, -0.1) is 0 Å². The zero-order valence-corrected chi connectivity index (χ0v) is 11.6. The predicted molar refractivity (Wildman–Crippen MR) is 73.2 cm³/mol. The zero-order valence-electron chi connectivity index (χ0n) is 11.6. The second kappa shape index (κ2) is 7.82. The summed E-state index contributed by atoms with van der Waals surface area (Å²) in [5, 5.41) is 3.27. The molecule has 4 heteroatoms. The van der Waals surface area contributed by atoms with Crippen molar-refractivity contribution in [2.45, 2.75) is 33.7 Å². The van der Waals surface area contributed by atoms with Gasteiger partial charge in [-0.3, -0.25) is 9.78 Å². The molecule has 0 aliphatic heterocycles. The first kappa shape index (κ1) is 14.6. The predicted octanol–water partition coefficient (Wildman–Crippen LogP) is 1.74. The molecule has 1 amide bonds. The van der Waals surface area contributed by atoms with Gasteiger partial charge in [0.15, 0.2) is 0 Å². The third kappa shape index (κ3) is 4.84. The minimum Gasteiger partial charge on any atom is -0.343 e. The van der Waals surface area contributed by atoms with Gasteiger partial charge in [-0.2, -0.15) is 0 Å². The number of rotatable bonds is 7. The minimum atomic E-state index is 0.217. The van der Waals surface area contributed by atoms with Gasteiger partial charge in [0.05, 0.1) is 0 Å². The van der Waals surface area contributed by atoms with Crippen molar-refractivity contribution in [1.29, 1.82) is 0 Å². The summed E-state index contributed by atoms with van der Waals surface area (Å²) < 4.78 is 0. The summed E-state index contributed by atoms with van der Waals surface area (Å²) in [6, 6.07) is 4.06. The fraction of sp³-hybridized carbons (Fsp3) is 0.571. The van der Waals surface area contributed by atoms with E-state index >= 15 is 0 Å². The molecule has 1 rings (SSSR count). The number of carbonyl (C=O) groups is 1. The number of nitrogens with zero attached hydrogens (tertiary/aromatic N) is 2. The van der Waals surface area contributed by atoms with E-state index in [0.717, 1.165) is 30.9 Å². The molecule has 0 radical (unpaired) electrons. The molecule has 0 aliphatic carbocycles. The van der Waals surface area contributed by atoms with Crippen LogP contribution in [0.5, 0.6) is 0 Å². The molecule has 0 aliphatic rings. The van der Waals surface area contributed by atoms with Crippen molar-refractivity contribution in [3.05, 3.63) is 29.6 Å². The number of nitrogens with one attached hydrogen (secondary N) is 1. The van der Waals surface area contributed by atoms with Gasteiger partial charge in [-0.05, 0) is 32.4 Å². The third-order valence-electron chi connectivity index (χ3n) is 2.93. The Labute approximate surface area is 109 Å². The molecule has 4 nitrogen and oxygen atoms in total. The van der Waals surface area contributed by atoms with Gasteiger partial charge < -0.3 is 10.2 Å². The summed E-state index contributed by atoms with van der Waals surface area (Å²) >= 11 is 0. The van der Waals surface area contributed by atoms with Crippen LogP contribution in [0.25, 0.3) is 0 Å². The van der Waals surface area contributed by atoms with E-state index < -0.39 is 0 Å². The SMILES string of the molecule is CCN(CC)C(=O)CCNCc1ccc(C)nc1. The Kier molecular flexibility index (Phi) is 6.36. The Morgan fingerprint density at radius 3 is 2.61 bits per heavy atom. The van der Waals surface area contributed by atoms with Crippen LogP contribution in [0.3, 0.4) is 0 Å². The first-order valence-electron chi connectivity index (χ1n) is 6.57. The van der Waals surface area contributed by atoms with Gasteiger partial charge in [-0.25, -0.2) is 0 Å². The molecule has 1 aromatic rings. The summed E-state index contributed by atoms with van der Waals surface area (Å²) in [6.07, 6.45) is 2.43.